The zero-order chi connectivity index (χ0) is 17.9. The van der Waals surface area contributed by atoms with E-state index in [1.165, 1.54) is 0 Å². The standard InChI is InChI=1S/C15H30O8/c1-5-8(10(18)11(19)13(21)15(2,3)4)23-14-12(20)9(17)7(16)6-22-14/h7-14,16-21H,5-6H2,1-4H3/t7-,8+,9?,10?,11?,12?,13-,14+/m1/s1. The second-order valence-electron chi connectivity index (χ2n) is 7.13. The van der Waals surface area contributed by atoms with E-state index in [9.17, 15) is 30.6 Å². The Morgan fingerprint density at radius 3 is 2.09 bits per heavy atom. The highest BCUT2D eigenvalue weighted by molar-refractivity contribution is 4.89. The number of rotatable bonds is 6. The summed E-state index contributed by atoms with van der Waals surface area (Å²) in [5.74, 6) is 0. The first-order chi connectivity index (χ1) is 10.5. The van der Waals surface area contributed by atoms with Crippen LogP contribution in [0.4, 0.5) is 0 Å². The lowest BCUT2D eigenvalue weighted by molar-refractivity contribution is -0.295. The quantitative estimate of drug-likeness (QED) is 0.338. The van der Waals surface area contributed by atoms with E-state index in [-0.39, 0.29) is 13.0 Å². The smallest absolute Gasteiger partial charge is 0.186 e. The molecule has 0 amide bonds. The lowest BCUT2D eigenvalue weighted by Gasteiger charge is -2.39. The number of aliphatic hydroxyl groups excluding tert-OH is 6. The first-order valence-corrected chi connectivity index (χ1v) is 7.86. The summed E-state index contributed by atoms with van der Waals surface area (Å²) in [7, 11) is 0. The van der Waals surface area contributed by atoms with Crippen LogP contribution in [0.2, 0.25) is 0 Å². The molecular weight excluding hydrogens is 308 g/mol. The maximum atomic E-state index is 10.3. The van der Waals surface area contributed by atoms with E-state index in [1.54, 1.807) is 27.7 Å². The van der Waals surface area contributed by atoms with E-state index in [1.807, 2.05) is 0 Å². The second kappa shape index (κ2) is 8.17. The van der Waals surface area contributed by atoms with Gasteiger partial charge in [0.05, 0.1) is 18.8 Å². The molecule has 6 N–H and O–H groups in total. The molecule has 1 aliphatic rings. The van der Waals surface area contributed by atoms with E-state index in [0.29, 0.717) is 0 Å². The van der Waals surface area contributed by atoms with Gasteiger partial charge in [-0.1, -0.05) is 27.7 Å². The van der Waals surface area contributed by atoms with Crippen LogP contribution in [0.1, 0.15) is 34.1 Å². The third-order valence-corrected chi connectivity index (χ3v) is 4.11. The van der Waals surface area contributed by atoms with Crippen molar-refractivity contribution in [1.29, 1.82) is 0 Å². The molecule has 1 heterocycles. The molecule has 1 saturated heterocycles. The van der Waals surface area contributed by atoms with Crippen LogP contribution >= 0.6 is 0 Å². The van der Waals surface area contributed by atoms with Crippen molar-refractivity contribution in [2.24, 2.45) is 5.41 Å². The van der Waals surface area contributed by atoms with Crippen LogP contribution in [-0.2, 0) is 9.47 Å². The highest BCUT2D eigenvalue weighted by atomic mass is 16.7. The number of hydrogen-bond acceptors (Lipinski definition) is 8. The van der Waals surface area contributed by atoms with E-state index in [0.717, 1.165) is 0 Å². The summed E-state index contributed by atoms with van der Waals surface area (Å²) in [6, 6.07) is 0. The Balaban J connectivity index is 2.72. The summed E-state index contributed by atoms with van der Waals surface area (Å²) in [6.07, 6.45) is -10.1. The van der Waals surface area contributed by atoms with Crippen LogP contribution in [0.15, 0.2) is 0 Å². The van der Waals surface area contributed by atoms with Crippen molar-refractivity contribution < 1.29 is 40.1 Å². The minimum atomic E-state index is -1.48. The summed E-state index contributed by atoms with van der Waals surface area (Å²) in [5.41, 5.74) is -0.639. The predicted octanol–water partition coefficient (Wildman–Crippen LogP) is -1.65. The van der Waals surface area contributed by atoms with Gasteiger partial charge in [-0.2, -0.15) is 0 Å². The van der Waals surface area contributed by atoms with Gasteiger partial charge < -0.3 is 40.1 Å². The SMILES string of the molecule is CC[C@H](O[C@@H]1OC[C@@H](O)C(O)C1O)C(O)C(O)[C@@H](O)C(C)(C)C. The Hall–Kier alpha value is -0.320. The van der Waals surface area contributed by atoms with Gasteiger partial charge in [0, 0.05) is 0 Å². The Bertz CT molecular complexity index is 358. The predicted molar refractivity (Wildman–Crippen MR) is 80.4 cm³/mol. The molecule has 0 aromatic carbocycles. The summed E-state index contributed by atoms with van der Waals surface area (Å²) in [4.78, 5) is 0. The summed E-state index contributed by atoms with van der Waals surface area (Å²) < 4.78 is 10.6. The third kappa shape index (κ3) is 5.07. The molecule has 0 bridgehead atoms. The van der Waals surface area contributed by atoms with Crippen LogP contribution in [-0.4, -0.2) is 86.3 Å². The van der Waals surface area contributed by atoms with Crippen molar-refractivity contribution in [2.45, 2.75) is 83.1 Å². The fourth-order valence-corrected chi connectivity index (χ4v) is 2.41. The van der Waals surface area contributed by atoms with Crippen molar-refractivity contribution in [3.05, 3.63) is 0 Å². The van der Waals surface area contributed by atoms with Crippen LogP contribution < -0.4 is 0 Å². The van der Waals surface area contributed by atoms with Gasteiger partial charge in [0.25, 0.3) is 0 Å². The van der Waals surface area contributed by atoms with Crippen molar-refractivity contribution >= 4 is 0 Å². The molecule has 0 aliphatic carbocycles. The first kappa shape index (κ1) is 20.7. The molecule has 1 rings (SSSR count). The summed E-state index contributed by atoms with van der Waals surface area (Å²) in [6.45, 7) is 6.65. The Morgan fingerprint density at radius 2 is 1.61 bits per heavy atom. The molecule has 0 spiro atoms. The van der Waals surface area contributed by atoms with Crippen molar-refractivity contribution in [2.75, 3.05) is 6.61 Å². The molecule has 0 aromatic rings. The Labute approximate surface area is 136 Å². The van der Waals surface area contributed by atoms with Crippen molar-refractivity contribution in [1.82, 2.24) is 0 Å². The molecule has 0 aromatic heterocycles. The molecule has 1 fully saturated rings. The fourth-order valence-electron chi connectivity index (χ4n) is 2.41. The molecule has 1 aliphatic heterocycles. The highest BCUT2D eigenvalue weighted by Crippen LogP contribution is 2.26. The lowest BCUT2D eigenvalue weighted by atomic mass is 9.83. The second-order valence-corrected chi connectivity index (χ2v) is 7.13. The highest BCUT2D eigenvalue weighted by Gasteiger charge is 2.42. The Morgan fingerprint density at radius 1 is 1.04 bits per heavy atom. The van der Waals surface area contributed by atoms with E-state index in [2.05, 4.69) is 0 Å². The zero-order valence-corrected chi connectivity index (χ0v) is 14.0. The monoisotopic (exact) mass is 338 g/mol. The van der Waals surface area contributed by atoms with Crippen molar-refractivity contribution in [3.8, 4) is 0 Å². The van der Waals surface area contributed by atoms with Gasteiger partial charge in [-0.15, -0.1) is 0 Å². The van der Waals surface area contributed by atoms with Gasteiger partial charge >= 0.3 is 0 Å². The minimum absolute atomic E-state index is 0.220. The molecule has 138 valence electrons. The molecule has 0 saturated carbocycles. The maximum Gasteiger partial charge on any atom is 0.186 e. The van der Waals surface area contributed by atoms with E-state index in [4.69, 9.17) is 9.47 Å². The van der Waals surface area contributed by atoms with Gasteiger partial charge in [-0.3, -0.25) is 0 Å². The normalized spacial score (nSPS) is 34.7. The van der Waals surface area contributed by atoms with Crippen LogP contribution in [0.5, 0.6) is 0 Å². The lowest BCUT2D eigenvalue weighted by Crippen LogP contribution is -2.56. The van der Waals surface area contributed by atoms with Crippen LogP contribution in [0.3, 0.4) is 0 Å². The first-order valence-electron chi connectivity index (χ1n) is 7.86. The largest absolute Gasteiger partial charge is 0.390 e. The molecule has 4 unspecified atom stereocenters. The average Bonchev–Trinajstić information content (AvgIpc) is 2.49. The van der Waals surface area contributed by atoms with Crippen LogP contribution in [0, 0.1) is 5.41 Å². The van der Waals surface area contributed by atoms with Crippen LogP contribution in [0.25, 0.3) is 0 Å². The minimum Gasteiger partial charge on any atom is -0.390 e. The van der Waals surface area contributed by atoms with E-state index < -0.39 is 54.4 Å². The third-order valence-electron chi connectivity index (χ3n) is 4.11. The van der Waals surface area contributed by atoms with Gasteiger partial charge in [0.15, 0.2) is 6.29 Å². The molecule has 8 heteroatoms. The number of ether oxygens (including phenoxy) is 2. The van der Waals surface area contributed by atoms with Gasteiger partial charge in [0.1, 0.15) is 30.5 Å². The maximum absolute atomic E-state index is 10.3. The number of aliphatic hydroxyl groups is 6. The summed E-state index contributed by atoms with van der Waals surface area (Å²) >= 11 is 0. The molecule has 8 atom stereocenters. The molecular formula is C15H30O8. The van der Waals surface area contributed by atoms with Gasteiger partial charge in [0.2, 0.25) is 0 Å². The molecule has 23 heavy (non-hydrogen) atoms. The fraction of sp³-hybridized carbons (Fsp3) is 1.00. The molecule has 8 nitrogen and oxygen atoms in total. The van der Waals surface area contributed by atoms with Gasteiger partial charge in [-0.25, -0.2) is 0 Å². The van der Waals surface area contributed by atoms with Gasteiger partial charge in [-0.05, 0) is 11.8 Å². The van der Waals surface area contributed by atoms with E-state index >= 15 is 0 Å². The Kier molecular flexibility index (Phi) is 7.36. The number of hydrogen-bond donors (Lipinski definition) is 6. The topological polar surface area (TPSA) is 140 Å². The zero-order valence-electron chi connectivity index (χ0n) is 14.0. The summed E-state index contributed by atoms with van der Waals surface area (Å²) in [5, 5.41) is 59.4. The molecule has 0 radical (unpaired) electrons. The van der Waals surface area contributed by atoms with Crippen molar-refractivity contribution in [3.63, 3.8) is 0 Å². The average molecular weight is 338 g/mol.